The van der Waals surface area contributed by atoms with Crippen molar-refractivity contribution >= 4 is 27.5 Å². The molecule has 0 radical (unpaired) electrons. The Bertz CT molecular complexity index is 1330. The zero-order valence-electron chi connectivity index (χ0n) is 22.9. The van der Waals surface area contributed by atoms with Gasteiger partial charge < -0.3 is 15.0 Å². The van der Waals surface area contributed by atoms with E-state index >= 15 is 0 Å². The number of benzene rings is 3. The van der Waals surface area contributed by atoms with Crippen LogP contribution in [0.3, 0.4) is 0 Å². The molecule has 3 aromatic rings. The Morgan fingerprint density at radius 3 is 2.13 bits per heavy atom. The molecule has 0 aromatic heterocycles. The van der Waals surface area contributed by atoms with E-state index in [-0.39, 0.29) is 23.4 Å². The monoisotopic (exact) mass is 551 g/mol. The Hall–Kier alpha value is -3.85. The van der Waals surface area contributed by atoms with Gasteiger partial charge in [0.25, 0.3) is 10.0 Å². The SMILES string of the molecule is CC[C@@H](C)NC(=O)[C@H](CC)N(Cc1cccc(OC)c1)C(=O)CN(c1ccccc1)S(=O)(=O)c1ccccc1. The van der Waals surface area contributed by atoms with E-state index in [2.05, 4.69) is 5.32 Å². The smallest absolute Gasteiger partial charge is 0.264 e. The highest BCUT2D eigenvalue weighted by molar-refractivity contribution is 7.92. The van der Waals surface area contributed by atoms with Crippen LogP contribution in [0.15, 0.2) is 89.8 Å². The molecule has 3 rings (SSSR count). The molecule has 0 aliphatic rings. The van der Waals surface area contributed by atoms with E-state index in [9.17, 15) is 18.0 Å². The Morgan fingerprint density at radius 2 is 1.54 bits per heavy atom. The molecule has 0 saturated carbocycles. The number of hydrogen-bond donors (Lipinski definition) is 1. The third-order valence-corrected chi connectivity index (χ3v) is 8.32. The number of amides is 2. The molecule has 9 heteroatoms. The number of ether oxygens (including phenoxy) is 1. The summed E-state index contributed by atoms with van der Waals surface area (Å²) in [5.74, 6) is -0.151. The quantitative estimate of drug-likeness (QED) is 0.335. The van der Waals surface area contributed by atoms with Crippen LogP contribution in [0.2, 0.25) is 0 Å². The molecule has 0 unspecified atom stereocenters. The van der Waals surface area contributed by atoms with Gasteiger partial charge in [0.05, 0.1) is 17.7 Å². The predicted octanol–water partition coefficient (Wildman–Crippen LogP) is 4.61. The van der Waals surface area contributed by atoms with Crippen molar-refractivity contribution in [2.75, 3.05) is 18.0 Å². The van der Waals surface area contributed by atoms with Crippen molar-refractivity contribution in [2.24, 2.45) is 0 Å². The molecule has 1 N–H and O–H groups in total. The fourth-order valence-electron chi connectivity index (χ4n) is 4.17. The van der Waals surface area contributed by atoms with Gasteiger partial charge in [-0.25, -0.2) is 8.42 Å². The highest BCUT2D eigenvalue weighted by atomic mass is 32.2. The lowest BCUT2D eigenvalue weighted by Gasteiger charge is -2.33. The number of para-hydroxylation sites is 1. The number of hydrogen-bond acceptors (Lipinski definition) is 5. The summed E-state index contributed by atoms with van der Waals surface area (Å²) in [6, 6.07) is 22.9. The van der Waals surface area contributed by atoms with Gasteiger partial charge in [-0.1, -0.05) is 62.4 Å². The molecule has 0 aliphatic carbocycles. The lowest BCUT2D eigenvalue weighted by atomic mass is 10.1. The molecule has 8 nitrogen and oxygen atoms in total. The Morgan fingerprint density at radius 1 is 0.897 bits per heavy atom. The predicted molar refractivity (Wildman–Crippen MR) is 153 cm³/mol. The average molecular weight is 552 g/mol. The summed E-state index contributed by atoms with van der Waals surface area (Å²) >= 11 is 0. The minimum Gasteiger partial charge on any atom is -0.497 e. The summed E-state index contributed by atoms with van der Waals surface area (Å²) in [6.45, 7) is 5.34. The van der Waals surface area contributed by atoms with Crippen LogP contribution in [-0.4, -0.2) is 50.9 Å². The van der Waals surface area contributed by atoms with Gasteiger partial charge in [0.1, 0.15) is 18.3 Å². The fourth-order valence-corrected chi connectivity index (χ4v) is 5.61. The van der Waals surface area contributed by atoms with Crippen LogP contribution in [0.1, 0.15) is 39.2 Å². The van der Waals surface area contributed by atoms with Crippen molar-refractivity contribution < 1.29 is 22.7 Å². The first-order chi connectivity index (χ1) is 18.7. The number of nitrogens with zero attached hydrogens (tertiary/aromatic N) is 2. The van der Waals surface area contributed by atoms with Gasteiger partial charge in [-0.05, 0) is 61.7 Å². The summed E-state index contributed by atoms with van der Waals surface area (Å²) < 4.78 is 33.9. The van der Waals surface area contributed by atoms with E-state index < -0.39 is 28.5 Å². The summed E-state index contributed by atoms with van der Waals surface area (Å²) in [5, 5.41) is 2.98. The highest BCUT2D eigenvalue weighted by Gasteiger charge is 2.33. The molecule has 3 aromatic carbocycles. The van der Waals surface area contributed by atoms with Gasteiger partial charge >= 0.3 is 0 Å². The molecule has 2 amide bonds. The van der Waals surface area contributed by atoms with Crippen molar-refractivity contribution in [3.63, 3.8) is 0 Å². The van der Waals surface area contributed by atoms with Gasteiger partial charge in [0.2, 0.25) is 11.8 Å². The van der Waals surface area contributed by atoms with Crippen molar-refractivity contribution in [1.29, 1.82) is 0 Å². The molecule has 208 valence electrons. The first-order valence-corrected chi connectivity index (χ1v) is 14.5. The van der Waals surface area contributed by atoms with Crippen molar-refractivity contribution in [1.82, 2.24) is 10.2 Å². The molecular formula is C30H37N3O5S. The minimum atomic E-state index is -4.08. The maximum Gasteiger partial charge on any atom is 0.264 e. The average Bonchev–Trinajstić information content (AvgIpc) is 2.96. The second-order valence-corrected chi connectivity index (χ2v) is 11.1. The number of sulfonamides is 1. The summed E-state index contributed by atoms with van der Waals surface area (Å²) in [6.07, 6.45) is 1.10. The third-order valence-electron chi connectivity index (χ3n) is 6.53. The molecule has 0 aliphatic heterocycles. The maximum atomic E-state index is 14.0. The van der Waals surface area contributed by atoms with Crippen molar-refractivity contribution in [3.8, 4) is 5.75 Å². The normalized spacial score (nSPS) is 12.7. The Kier molecular flexibility index (Phi) is 10.5. The van der Waals surface area contributed by atoms with E-state index in [1.807, 2.05) is 32.9 Å². The molecule has 39 heavy (non-hydrogen) atoms. The highest BCUT2D eigenvalue weighted by Crippen LogP contribution is 2.25. The van der Waals surface area contributed by atoms with Crippen molar-refractivity contribution in [3.05, 3.63) is 90.5 Å². The fraction of sp³-hybridized carbons (Fsp3) is 0.333. The molecular weight excluding hydrogens is 514 g/mol. The van der Waals surface area contributed by atoms with Crippen LogP contribution in [0.4, 0.5) is 5.69 Å². The van der Waals surface area contributed by atoms with Gasteiger partial charge in [-0.2, -0.15) is 0 Å². The van der Waals surface area contributed by atoms with Crippen LogP contribution >= 0.6 is 0 Å². The number of methoxy groups -OCH3 is 1. The summed E-state index contributed by atoms with van der Waals surface area (Å²) in [5.41, 5.74) is 1.11. The summed E-state index contributed by atoms with van der Waals surface area (Å²) in [4.78, 5) is 28.9. The Balaban J connectivity index is 2.03. The number of rotatable bonds is 13. The first-order valence-electron chi connectivity index (χ1n) is 13.1. The second kappa shape index (κ2) is 13.8. The maximum absolute atomic E-state index is 14.0. The lowest BCUT2D eigenvalue weighted by molar-refractivity contribution is -0.140. The van der Waals surface area contributed by atoms with E-state index in [0.717, 1.165) is 16.3 Å². The molecule has 2 atom stereocenters. The topological polar surface area (TPSA) is 96.0 Å². The number of nitrogens with one attached hydrogen (secondary N) is 1. The van der Waals surface area contributed by atoms with Gasteiger partial charge in [-0.15, -0.1) is 0 Å². The van der Waals surface area contributed by atoms with Gasteiger partial charge in [0, 0.05) is 12.6 Å². The zero-order chi connectivity index (χ0) is 28.4. The molecule has 0 bridgehead atoms. The van der Waals surface area contributed by atoms with Crippen LogP contribution in [0, 0.1) is 0 Å². The Labute approximate surface area is 231 Å². The van der Waals surface area contributed by atoms with Gasteiger partial charge in [-0.3, -0.25) is 13.9 Å². The van der Waals surface area contributed by atoms with Crippen molar-refractivity contribution in [2.45, 2.75) is 57.1 Å². The van der Waals surface area contributed by atoms with Crippen LogP contribution in [-0.2, 0) is 26.2 Å². The molecule has 0 fully saturated rings. The number of carbonyl (C=O) groups excluding carboxylic acids is 2. The van der Waals surface area contributed by atoms with Crippen LogP contribution < -0.4 is 14.4 Å². The lowest BCUT2D eigenvalue weighted by Crippen LogP contribution is -2.53. The standard InChI is InChI=1S/C30H37N3O5S/c1-5-23(3)31-30(35)28(6-2)32(21-24-14-13-17-26(20-24)38-4)29(34)22-33(25-15-9-7-10-16-25)39(36,37)27-18-11-8-12-19-27/h7-20,23,28H,5-6,21-22H2,1-4H3,(H,31,35)/t23-,28+/m1/s1. The number of anilines is 1. The molecule has 0 spiro atoms. The zero-order valence-corrected chi connectivity index (χ0v) is 23.7. The van der Waals surface area contributed by atoms with Crippen LogP contribution in [0.25, 0.3) is 0 Å². The number of carbonyl (C=O) groups is 2. The van der Waals surface area contributed by atoms with E-state index in [1.165, 1.54) is 17.0 Å². The van der Waals surface area contributed by atoms with Gasteiger partial charge in [0.15, 0.2) is 0 Å². The molecule has 0 saturated heterocycles. The van der Waals surface area contributed by atoms with Crippen LogP contribution in [0.5, 0.6) is 5.75 Å². The second-order valence-electron chi connectivity index (χ2n) is 9.28. The third kappa shape index (κ3) is 7.60. The first kappa shape index (κ1) is 29.7. The molecule has 0 heterocycles. The van der Waals surface area contributed by atoms with E-state index in [1.54, 1.807) is 67.8 Å². The largest absolute Gasteiger partial charge is 0.497 e. The van der Waals surface area contributed by atoms with E-state index in [0.29, 0.717) is 17.9 Å². The van der Waals surface area contributed by atoms with E-state index in [4.69, 9.17) is 4.74 Å². The summed E-state index contributed by atoms with van der Waals surface area (Å²) in [7, 11) is -2.52. The minimum absolute atomic E-state index is 0.0698.